The Balaban J connectivity index is 1.75. The fourth-order valence-electron chi connectivity index (χ4n) is 3.52. The zero-order valence-corrected chi connectivity index (χ0v) is 14.3. The van der Waals surface area contributed by atoms with Crippen LogP contribution in [0.25, 0.3) is 0 Å². The monoisotopic (exact) mass is 319 g/mol. The summed E-state index contributed by atoms with van der Waals surface area (Å²) in [6.07, 6.45) is 0. The predicted molar refractivity (Wildman–Crippen MR) is 97.5 cm³/mol. The van der Waals surface area contributed by atoms with Crippen LogP contribution in [0.15, 0.2) is 60.7 Å². The Morgan fingerprint density at radius 2 is 1.38 bits per heavy atom. The van der Waals surface area contributed by atoms with Gasteiger partial charge in [-0.2, -0.15) is 5.26 Å². The first-order valence-electron chi connectivity index (χ1n) is 8.74. The van der Waals surface area contributed by atoms with Crippen molar-refractivity contribution in [3.8, 4) is 6.07 Å². The molecule has 3 rings (SSSR count). The highest BCUT2D eigenvalue weighted by molar-refractivity contribution is 5.31. The summed E-state index contributed by atoms with van der Waals surface area (Å²) in [6, 6.07) is 24.2. The van der Waals surface area contributed by atoms with Crippen molar-refractivity contribution in [2.75, 3.05) is 32.7 Å². The van der Waals surface area contributed by atoms with E-state index < -0.39 is 0 Å². The second kappa shape index (κ2) is 8.10. The van der Waals surface area contributed by atoms with Crippen molar-refractivity contribution in [1.82, 2.24) is 9.80 Å². The Morgan fingerprint density at radius 3 is 1.83 bits per heavy atom. The second-order valence-corrected chi connectivity index (χ2v) is 6.59. The topological polar surface area (TPSA) is 30.3 Å². The van der Waals surface area contributed by atoms with Crippen molar-refractivity contribution in [3.63, 3.8) is 0 Å². The van der Waals surface area contributed by atoms with Gasteiger partial charge in [-0.05, 0) is 18.1 Å². The van der Waals surface area contributed by atoms with Gasteiger partial charge in [0.05, 0.1) is 18.0 Å². The fraction of sp³-hybridized carbons (Fsp3) is 0.381. The van der Waals surface area contributed by atoms with E-state index in [1.807, 2.05) is 6.92 Å². The average molecular weight is 319 g/mol. The molecule has 2 aromatic rings. The van der Waals surface area contributed by atoms with Crippen LogP contribution < -0.4 is 0 Å². The van der Waals surface area contributed by atoms with Gasteiger partial charge >= 0.3 is 0 Å². The maximum atomic E-state index is 9.02. The molecule has 0 unspecified atom stereocenters. The van der Waals surface area contributed by atoms with Gasteiger partial charge in [-0.15, -0.1) is 0 Å². The Hall–Kier alpha value is -2.15. The molecule has 3 heteroatoms. The van der Waals surface area contributed by atoms with E-state index in [9.17, 15) is 0 Å². The van der Waals surface area contributed by atoms with Crippen LogP contribution >= 0.6 is 0 Å². The molecule has 0 N–H and O–H groups in total. The summed E-state index contributed by atoms with van der Waals surface area (Å²) in [5.74, 6) is 0.107. The second-order valence-electron chi connectivity index (χ2n) is 6.59. The van der Waals surface area contributed by atoms with Crippen LogP contribution in [0.4, 0.5) is 0 Å². The number of nitriles is 1. The van der Waals surface area contributed by atoms with Gasteiger partial charge in [0.15, 0.2) is 0 Å². The highest BCUT2D eigenvalue weighted by atomic mass is 15.3. The summed E-state index contributed by atoms with van der Waals surface area (Å²) in [6.45, 7) is 7.01. The van der Waals surface area contributed by atoms with Crippen LogP contribution in [0.2, 0.25) is 0 Å². The predicted octanol–water partition coefficient (Wildman–Crippen LogP) is 3.55. The van der Waals surface area contributed by atoms with E-state index in [1.165, 1.54) is 11.1 Å². The van der Waals surface area contributed by atoms with E-state index >= 15 is 0 Å². The minimum Gasteiger partial charge on any atom is -0.300 e. The molecule has 0 spiro atoms. The van der Waals surface area contributed by atoms with Crippen molar-refractivity contribution in [2.24, 2.45) is 5.92 Å². The van der Waals surface area contributed by atoms with Gasteiger partial charge < -0.3 is 0 Å². The molecule has 1 heterocycles. The number of hydrogen-bond acceptors (Lipinski definition) is 3. The Morgan fingerprint density at radius 1 is 0.875 bits per heavy atom. The molecule has 2 aromatic carbocycles. The SMILES string of the molecule is C[C@H](C#N)CN1CCN(C(c2ccccc2)c2ccccc2)CC1. The first-order chi connectivity index (χ1) is 11.8. The first kappa shape index (κ1) is 16.7. The van der Waals surface area contributed by atoms with Gasteiger partial charge in [-0.3, -0.25) is 9.80 Å². The summed E-state index contributed by atoms with van der Waals surface area (Å²) < 4.78 is 0. The third-order valence-electron chi connectivity index (χ3n) is 4.76. The van der Waals surface area contributed by atoms with Gasteiger partial charge in [0.1, 0.15) is 0 Å². The minimum atomic E-state index is 0.107. The Labute approximate surface area is 145 Å². The molecule has 1 fully saturated rings. The minimum absolute atomic E-state index is 0.107. The van der Waals surface area contributed by atoms with Gasteiger partial charge in [0.2, 0.25) is 0 Å². The molecule has 0 radical (unpaired) electrons. The summed E-state index contributed by atoms with van der Waals surface area (Å²) in [5, 5.41) is 9.02. The largest absolute Gasteiger partial charge is 0.300 e. The zero-order valence-electron chi connectivity index (χ0n) is 14.3. The smallest absolute Gasteiger partial charge is 0.0666 e. The average Bonchev–Trinajstić information content (AvgIpc) is 2.65. The van der Waals surface area contributed by atoms with Crippen LogP contribution in [0.3, 0.4) is 0 Å². The van der Waals surface area contributed by atoms with Gasteiger partial charge in [0, 0.05) is 32.7 Å². The molecule has 0 bridgehead atoms. The van der Waals surface area contributed by atoms with Crippen molar-refractivity contribution < 1.29 is 0 Å². The highest BCUT2D eigenvalue weighted by Gasteiger charge is 2.26. The molecule has 124 valence electrons. The van der Waals surface area contributed by atoms with E-state index in [4.69, 9.17) is 5.26 Å². The molecular weight excluding hydrogens is 294 g/mol. The molecule has 0 aromatic heterocycles. The van der Waals surface area contributed by atoms with Gasteiger partial charge in [-0.25, -0.2) is 0 Å². The first-order valence-corrected chi connectivity index (χ1v) is 8.74. The van der Waals surface area contributed by atoms with E-state index in [1.54, 1.807) is 0 Å². The third kappa shape index (κ3) is 4.03. The van der Waals surface area contributed by atoms with Crippen LogP contribution in [-0.4, -0.2) is 42.5 Å². The van der Waals surface area contributed by atoms with Crippen molar-refractivity contribution in [3.05, 3.63) is 71.8 Å². The Bertz CT molecular complexity index is 615. The molecule has 24 heavy (non-hydrogen) atoms. The lowest BCUT2D eigenvalue weighted by molar-refractivity contribution is 0.104. The summed E-state index contributed by atoms with van der Waals surface area (Å²) in [4.78, 5) is 4.98. The Kier molecular flexibility index (Phi) is 5.63. The fourth-order valence-corrected chi connectivity index (χ4v) is 3.52. The summed E-state index contributed by atoms with van der Waals surface area (Å²) >= 11 is 0. The van der Waals surface area contributed by atoms with Crippen molar-refractivity contribution in [1.29, 1.82) is 5.26 Å². The summed E-state index contributed by atoms with van der Waals surface area (Å²) in [5.41, 5.74) is 2.70. The standard InChI is InChI=1S/C21H25N3/c1-18(16-22)17-23-12-14-24(15-13-23)21(19-8-4-2-5-9-19)20-10-6-3-7-11-20/h2-11,18,21H,12-15,17H2,1H3/t18-/m1/s1. The molecule has 1 aliphatic rings. The lowest BCUT2D eigenvalue weighted by atomic mass is 9.96. The van der Waals surface area contributed by atoms with E-state index in [0.29, 0.717) is 6.04 Å². The maximum absolute atomic E-state index is 9.02. The quantitative estimate of drug-likeness (QED) is 0.844. The molecule has 0 saturated carbocycles. The zero-order chi connectivity index (χ0) is 16.8. The molecule has 1 saturated heterocycles. The van der Waals surface area contributed by atoms with Crippen molar-refractivity contribution >= 4 is 0 Å². The molecule has 0 amide bonds. The summed E-state index contributed by atoms with van der Waals surface area (Å²) in [7, 11) is 0. The van der Waals surface area contributed by atoms with Crippen LogP contribution in [0, 0.1) is 17.2 Å². The van der Waals surface area contributed by atoms with Crippen LogP contribution in [0.1, 0.15) is 24.1 Å². The molecule has 1 atom stereocenters. The number of rotatable bonds is 5. The van der Waals surface area contributed by atoms with Gasteiger partial charge in [-0.1, -0.05) is 60.7 Å². The number of piperazine rings is 1. The maximum Gasteiger partial charge on any atom is 0.0666 e. The highest BCUT2D eigenvalue weighted by Crippen LogP contribution is 2.29. The molecular formula is C21H25N3. The molecule has 0 aliphatic carbocycles. The van der Waals surface area contributed by atoms with E-state index in [2.05, 4.69) is 76.5 Å². The molecule has 3 nitrogen and oxygen atoms in total. The van der Waals surface area contributed by atoms with Crippen LogP contribution in [-0.2, 0) is 0 Å². The van der Waals surface area contributed by atoms with E-state index in [0.717, 1.165) is 32.7 Å². The van der Waals surface area contributed by atoms with Crippen molar-refractivity contribution in [2.45, 2.75) is 13.0 Å². The van der Waals surface area contributed by atoms with Gasteiger partial charge in [0.25, 0.3) is 0 Å². The van der Waals surface area contributed by atoms with Crippen LogP contribution in [0.5, 0.6) is 0 Å². The lowest BCUT2D eigenvalue weighted by Gasteiger charge is -2.40. The normalized spacial score (nSPS) is 17.5. The number of hydrogen-bond donors (Lipinski definition) is 0. The lowest BCUT2D eigenvalue weighted by Crippen LogP contribution is -2.48. The number of benzene rings is 2. The van der Waals surface area contributed by atoms with E-state index in [-0.39, 0.29) is 5.92 Å². The number of nitrogens with zero attached hydrogens (tertiary/aromatic N) is 3. The third-order valence-corrected chi connectivity index (χ3v) is 4.76. The molecule has 1 aliphatic heterocycles.